The van der Waals surface area contributed by atoms with Crippen molar-refractivity contribution in [1.82, 2.24) is 29.5 Å². The summed E-state index contributed by atoms with van der Waals surface area (Å²) in [5.74, 6) is -4.78. The Balaban J connectivity index is 0.000000630. The van der Waals surface area contributed by atoms with Crippen LogP contribution in [0.15, 0.2) is 78.1 Å². The Morgan fingerprint density at radius 1 is 1.00 bits per heavy atom. The van der Waals surface area contributed by atoms with Gasteiger partial charge in [0, 0.05) is 34.1 Å². The molecule has 5 aromatic rings. The minimum Gasteiger partial charge on any atom is -0.475 e. The number of nitrogens with zero attached hydrogens (tertiary/aromatic N) is 6. The van der Waals surface area contributed by atoms with Crippen LogP contribution in [0.5, 0.6) is 0 Å². The quantitative estimate of drug-likeness (QED) is 0.190. The van der Waals surface area contributed by atoms with Gasteiger partial charge in [-0.1, -0.05) is 35.3 Å². The van der Waals surface area contributed by atoms with E-state index in [1.165, 1.54) is 59.2 Å². The summed E-state index contributed by atoms with van der Waals surface area (Å²) in [6.45, 7) is 1.49. The predicted octanol–water partition coefficient (Wildman–Crippen LogP) is 6.93. The molecule has 18 heteroatoms. The number of nitrogens with one attached hydrogen (secondary N) is 1. The molecule has 1 aliphatic heterocycles. The highest BCUT2D eigenvalue weighted by Crippen LogP contribution is 2.34. The van der Waals surface area contributed by atoms with Crippen molar-refractivity contribution in [3.05, 3.63) is 105 Å². The molecule has 2 N–H and O–H groups in total. The fraction of sp³-hybridized carbons (Fsp3) is 0.219. The molecule has 0 saturated heterocycles. The van der Waals surface area contributed by atoms with Crippen molar-refractivity contribution < 1.29 is 36.6 Å². The second-order valence-corrected chi connectivity index (χ2v) is 11.8. The predicted molar refractivity (Wildman–Crippen MR) is 172 cm³/mol. The number of carbonyl (C=O) groups excluding carboxylic acids is 1. The van der Waals surface area contributed by atoms with E-state index in [1.807, 2.05) is 0 Å². The summed E-state index contributed by atoms with van der Waals surface area (Å²) in [5.41, 5.74) is 2.73. The maximum atomic E-state index is 15.4. The van der Waals surface area contributed by atoms with Crippen LogP contribution in [0, 0.1) is 11.7 Å². The van der Waals surface area contributed by atoms with Crippen LogP contribution in [-0.2, 0) is 9.59 Å². The van der Waals surface area contributed by atoms with Crippen LogP contribution in [0.2, 0.25) is 10.2 Å². The molecular formula is C32H24Cl2F5N7O4. The minimum absolute atomic E-state index is 0.0267. The van der Waals surface area contributed by atoms with E-state index in [0.29, 0.717) is 44.5 Å². The zero-order valence-electron chi connectivity index (χ0n) is 25.6. The molecule has 1 unspecified atom stereocenters. The maximum absolute atomic E-state index is 15.4. The molecule has 11 nitrogen and oxygen atoms in total. The Morgan fingerprint density at radius 2 is 1.74 bits per heavy atom. The van der Waals surface area contributed by atoms with Gasteiger partial charge >= 0.3 is 12.1 Å². The number of hydrogen-bond donors (Lipinski definition) is 2. The summed E-state index contributed by atoms with van der Waals surface area (Å²) >= 11 is 12.2. The number of hydrogen-bond acceptors (Lipinski definition) is 7. The van der Waals surface area contributed by atoms with Gasteiger partial charge in [-0.15, -0.1) is 5.10 Å². The number of amides is 1. The molecule has 0 radical (unpaired) electrons. The summed E-state index contributed by atoms with van der Waals surface area (Å²) in [5, 5.41) is 18.3. The summed E-state index contributed by atoms with van der Waals surface area (Å²) in [4.78, 5) is 44.5. The molecule has 6 rings (SSSR count). The van der Waals surface area contributed by atoms with Crippen LogP contribution in [0.3, 0.4) is 0 Å². The molecule has 1 amide bonds. The SMILES string of the molecule is C[C@H]1C(=O)Nc2ccc(F)cc2-c2ccnc(c2)[C@@H](n2cnc(-c3cc(Cl)ccc3-n3cc(Cl)nn3)cc2=O)CCC1F.O=C(O)C(F)(F)F. The zero-order chi connectivity index (χ0) is 36.3. The van der Waals surface area contributed by atoms with E-state index in [4.69, 9.17) is 33.1 Å². The number of carboxylic acid groups (broad SMARTS) is 1. The molecule has 3 aromatic heterocycles. The molecule has 4 heterocycles. The largest absolute Gasteiger partial charge is 0.490 e. The van der Waals surface area contributed by atoms with Crippen LogP contribution in [0.4, 0.5) is 27.6 Å². The monoisotopic (exact) mass is 735 g/mol. The van der Waals surface area contributed by atoms with Crippen molar-refractivity contribution in [2.45, 2.75) is 38.2 Å². The Hall–Kier alpha value is -5.22. The zero-order valence-corrected chi connectivity index (χ0v) is 27.1. The number of fused-ring (bicyclic) bond motifs is 4. The fourth-order valence-electron chi connectivity index (χ4n) is 5.14. The number of pyridine rings is 1. The maximum Gasteiger partial charge on any atom is 0.490 e. The van der Waals surface area contributed by atoms with Crippen LogP contribution in [0.25, 0.3) is 28.1 Å². The van der Waals surface area contributed by atoms with Gasteiger partial charge in [0.1, 0.15) is 12.0 Å². The van der Waals surface area contributed by atoms with Crippen molar-refractivity contribution in [1.29, 1.82) is 0 Å². The van der Waals surface area contributed by atoms with E-state index in [9.17, 15) is 27.2 Å². The number of benzene rings is 2. The third kappa shape index (κ3) is 8.14. The van der Waals surface area contributed by atoms with Crippen LogP contribution >= 0.6 is 23.2 Å². The number of aliphatic carboxylic acids is 1. The number of anilines is 1. The molecule has 3 atom stereocenters. The summed E-state index contributed by atoms with van der Waals surface area (Å²) in [6, 6.07) is 13.0. The Labute approximate surface area is 289 Å². The van der Waals surface area contributed by atoms with E-state index >= 15 is 4.39 Å². The standard InChI is InChI=1S/C30H23Cl2F2N7O2.C2HF3O2/c1-16-22(34)4-7-27(25-10-17(8-9-35-25)20-12-19(33)3-5-23(20)37-30(16)43)40-15-36-24(13-29(40)42)21-11-18(31)2-6-26(21)41-14-28(32)38-39-41;3-2(4,5)1(6)7/h2-3,5-6,8-16,22,27H,4,7H2,1H3,(H,37,43);(H,6,7)/t16-,22?,27+;/m1./s1. The van der Waals surface area contributed by atoms with Gasteiger partial charge < -0.3 is 10.4 Å². The van der Waals surface area contributed by atoms with E-state index in [2.05, 4.69) is 25.6 Å². The molecule has 0 fully saturated rings. The molecule has 2 aromatic carbocycles. The van der Waals surface area contributed by atoms with Crippen LogP contribution in [0.1, 0.15) is 31.5 Å². The fourth-order valence-corrected chi connectivity index (χ4v) is 5.43. The highest BCUT2D eigenvalue weighted by atomic mass is 35.5. The van der Waals surface area contributed by atoms with Gasteiger partial charge in [-0.05, 0) is 66.9 Å². The molecule has 50 heavy (non-hydrogen) atoms. The third-order valence-electron chi connectivity index (χ3n) is 7.71. The van der Waals surface area contributed by atoms with Crippen LogP contribution in [-0.4, -0.2) is 58.9 Å². The highest BCUT2D eigenvalue weighted by molar-refractivity contribution is 6.31. The Bertz CT molecular complexity index is 2130. The molecule has 1 aliphatic rings. The van der Waals surface area contributed by atoms with E-state index < -0.39 is 47.6 Å². The molecular weight excluding hydrogens is 712 g/mol. The highest BCUT2D eigenvalue weighted by Gasteiger charge is 2.38. The second kappa shape index (κ2) is 14.7. The first kappa shape index (κ1) is 36.1. The van der Waals surface area contributed by atoms with E-state index in [-0.39, 0.29) is 18.0 Å². The van der Waals surface area contributed by atoms with Gasteiger partial charge in [0.05, 0.1) is 41.6 Å². The average molecular weight is 736 g/mol. The lowest BCUT2D eigenvalue weighted by Gasteiger charge is -2.24. The summed E-state index contributed by atoms with van der Waals surface area (Å²) in [6.07, 6.45) is -2.06. The summed E-state index contributed by atoms with van der Waals surface area (Å²) < 4.78 is 64.2. The van der Waals surface area contributed by atoms with Gasteiger partial charge in [0.15, 0.2) is 5.15 Å². The third-order valence-corrected chi connectivity index (χ3v) is 8.11. The van der Waals surface area contributed by atoms with Crippen LogP contribution < -0.4 is 10.9 Å². The number of halogens is 7. The summed E-state index contributed by atoms with van der Waals surface area (Å²) in [7, 11) is 0. The van der Waals surface area contributed by atoms with E-state index in [1.54, 1.807) is 30.3 Å². The number of rotatable bonds is 3. The van der Waals surface area contributed by atoms with Gasteiger partial charge in [-0.25, -0.2) is 23.2 Å². The lowest BCUT2D eigenvalue weighted by molar-refractivity contribution is -0.192. The van der Waals surface area contributed by atoms with Gasteiger partial charge in [0.25, 0.3) is 5.56 Å². The number of alkyl halides is 4. The minimum atomic E-state index is -5.08. The normalized spacial score (nSPS) is 17.7. The first-order valence-corrected chi connectivity index (χ1v) is 15.3. The Morgan fingerprint density at radius 3 is 2.40 bits per heavy atom. The molecule has 260 valence electrons. The number of carboxylic acids is 1. The molecule has 0 saturated carbocycles. The van der Waals surface area contributed by atoms with Gasteiger partial charge in [-0.2, -0.15) is 13.2 Å². The van der Waals surface area contributed by atoms with Crippen molar-refractivity contribution in [3.8, 4) is 28.1 Å². The number of carbonyl (C=O) groups is 2. The van der Waals surface area contributed by atoms with Crippen molar-refractivity contribution in [3.63, 3.8) is 0 Å². The first-order chi connectivity index (χ1) is 23.6. The van der Waals surface area contributed by atoms with E-state index in [0.717, 1.165) is 0 Å². The molecule has 2 bridgehead atoms. The first-order valence-electron chi connectivity index (χ1n) is 14.6. The average Bonchev–Trinajstić information content (AvgIpc) is 3.51. The number of aromatic nitrogens is 6. The topological polar surface area (TPSA) is 145 Å². The van der Waals surface area contributed by atoms with Crippen molar-refractivity contribution >= 4 is 40.8 Å². The lowest BCUT2D eigenvalue weighted by atomic mass is 9.94. The van der Waals surface area contributed by atoms with Crippen molar-refractivity contribution in [2.24, 2.45) is 5.92 Å². The smallest absolute Gasteiger partial charge is 0.475 e. The van der Waals surface area contributed by atoms with Gasteiger partial charge in [-0.3, -0.25) is 19.1 Å². The Kier molecular flexibility index (Phi) is 10.6. The second-order valence-electron chi connectivity index (χ2n) is 11.0. The molecule has 0 aliphatic carbocycles. The van der Waals surface area contributed by atoms with Gasteiger partial charge in [0.2, 0.25) is 5.91 Å². The lowest BCUT2D eigenvalue weighted by Crippen LogP contribution is -2.31. The molecule has 0 spiro atoms. The van der Waals surface area contributed by atoms with Crippen molar-refractivity contribution in [2.75, 3.05) is 5.32 Å².